The van der Waals surface area contributed by atoms with E-state index in [0.29, 0.717) is 12.8 Å². The van der Waals surface area contributed by atoms with Crippen LogP contribution in [0, 0.1) is 17.8 Å². The van der Waals surface area contributed by atoms with Crippen molar-refractivity contribution >= 4 is 11.9 Å². The molecule has 0 spiro atoms. The fourth-order valence-corrected chi connectivity index (χ4v) is 4.82. The molecule has 0 bridgehead atoms. The molecule has 0 radical (unpaired) electrons. The average Bonchev–Trinajstić information content (AvgIpc) is 2.75. The lowest BCUT2D eigenvalue weighted by atomic mass is 9.79. The molecule has 0 aromatic heterocycles. The number of aliphatic carboxylic acids is 1. The number of hydrogen-bond donors (Lipinski definition) is 1. The van der Waals surface area contributed by atoms with Crippen LogP contribution in [0.25, 0.3) is 0 Å². The van der Waals surface area contributed by atoms with Gasteiger partial charge in [0.2, 0.25) is 0 Å². The molecule has 31 heavy (non-hydrogen) atoms. The third-order valence-electron chi connectivity index (χ3n) is 6.86. The monoisotopic (exact) mass is 438 g/mol. The molecule has 1 saturated carbocycles. The lowest BCUT2D eigenvalue weighted by Crippen LogP contribution is -2.35. The second-order valence-electron chi connectivity index (χ2n) is 10.2. The summed E-state index contributed by atoms with van der Waals surface area (Å²) in [7, 11) is 0. The third-order valence-corrected chi connectivity index (χ3v) is 6.86. The minimum Gasteiger partial charge on any atom is -0.481 e. The number of esters is 1. The Morgan fingerprint density at radius 3 is 1.77 bits per heavy atom. The van der Waals surface area contributed by atoms with Crippen molar-refractivity contribution in [2.45, 2.75) is 142 Å². The molecule has 1 N–H and O–H groups in total. The van der Waals surface area contributed by atoms with E-state index in [-0.39, 0.29) is 12.1 Å². The molecular formula is C27H50O4. The van der Waals surface area contributed by atoms with Crippen LogP contribution in [0.5, 0.6) is 0 Å². The van der Waals surface area contributed by atoms with E-state index < -0.39 is 17.8 Å². The molecule has 0 aromatic rings. The quantitative estimate of drug-likeness (QED) is 0.174. The second-order valence-corrected chi connectivity index (χ2v) is 10.2. The van der Waals surface area contributed by atoms with Crippen LogP contribution in [0.3, 0.4) is 0 Å². The Labute approximate surface area is 191 Å². The molecule has 3 unspecified atom stereocenters. The number of unbranched alkanes of at least 4 members (excludes halogenated alkanes) is 9. The maximum atomic E-state index is 12.7. The van der Waals surface area contributed by atoms with Crippen molar-refractivity contribution < 1.29 is 19.4 Å². The molecule has 0 saturated heterocycles. The van der Waals surface area contributed by atoms with E-state index in [1.54, 1.807) is 0 Å². The van der Waals surface area contributed by atoms with E-state index >= 15 is 0 Å². The number of carbonyl (C=O) groups is 2. The number of carboxylic acids is 1. The first-order valence-corrected chi connectivity index (χ1v) is 13.4. The van der Waals surface area contributed by atoms with E-state index in [1.807, 2.05) is 0 Å². The summed E-state index contributed by atoms with van der Waals surface area (Å²) in [5, 5.41) is 9.45. The Bertz CT molecular complexity index is 474. The van der Waals surface area contributed by atoms with E-state index in [0.717, 1.165) is 50.9 Å². The van der Waals surface area contributed by atoms with Crippen molar-refractivity contribution in [1.82, 2.24) is 0 Å². The molecule has 1 rings (SSSR count). The normalized spacial score (nSPS) is 20.0. The first kappa shape index (κ1) is 28.0. The molecule has 3 atom stereocenters. The van der Waals surface area contributed by atoms with Gasteiger partial charge in [0.15, 0.2) is 0 Å². The molecule has 4 nitrogen and oxygen atoms in total. The summed E-state index contributed by atoms with van der Waals surface area (Å²) >= 11 is 0. The minimum atomic E-state index is -0.841. The van der Waals surface area contributed by atoms with Gasteiger partial charge in [0.25, 0.3) is 0 Å². The summed E-state index contributed by atoms with van der Waals surface area (Å²) in [6, 6.07) is 0. The van der Waals surface area contributed by atoms with Crippen LogP contribution in [-0.2, 0) is 14.3 Å². The number of ether oxygens (including phenoxy) is 1. The highest BCUT2D eigenvalue weighted by Crippen LogP contribution is 2.32. The number of hydrogen-bond acceptors (Lipinski definition) is 3. The zero-order valence-electron chi connectivity index (χ0n) is 20.7. The summed E-state index contributed by atoms with van der Waals surface area (Å²) < 4.78 is 5.87. The zero-order chi connectivity index (χ0) is 22.9. The summed E-state index contributed by atoms with van der Waals surface area (Å²) in [6.45, 7) is 6.76. The van der Waals surface area contributed by atoms with Crippen molar-refractivity contribution in [3.63, 3.8) is 0 Å². The van der Waals surface area contributed by atoms with Gasteiger partial charge in [0, 0.05) is 0 Å². The van der Waals surface area contributed by atoms with E-state index in [4.69, 9.17) is 4.74 Å². The SMILES string of the molecule is CCCCC(CCCCCCCCCCCC(C)C)OC(=O)C1CCCCC1C(=O)O. The van der Waals surface area contributed by atoms with Crippen LogP contribution < -0.4 is 0 Å². The zero-order valence-corrected chi connectivity index (χ0v) is 20.7. The van der Waals surface area contributed by atoms with Gasteiger partial charge in [-0.15, -0.1) is 0 Å². The van der Waals surface area contributed by atoms with Gasteiger partial charge in [-0.25, -0.2) is 0 Å². The van der Waals surface area contributed by atoms with Crippen LogP contribution in [-0.4, -0.2) is 23.1 Å². The van der Waals surface area contributed by atoms with Gasteiger partial charge in [0.1, 0.15) is 6.10 Å². The minimum absolute atomic E-state index is 0.0372. The summed E-state index contributed by atoms with van der Waals surface area (Å²) in [4.78, 5) is 24.2. The topological polar surface area (TPSA) is 63.6 Å². The molecule has 0 aliphatic heterocycles. The number of rotatable bonds is 18. The lowest BCUT2D eigenvalue weighted by Gasteiger charge is -2.28. The molecule has 182 valence electrons. The standard InChI is InChI=1S/C27H50O4/c1-4-5-18-23(31-27(30)25-21-16-15-20-24(25)26(28)29)19-14-12-10-8-6-7-9-11-13-17-22(2)3/h22-25H,4-21H2,1-3H3,(H,28,29). The molecule has 0 amide bonds. The predicted octanol–water partition coefficient (Wildman–Crippen LogP) is 7.93. The Morgan fingerprint density at radius 1 is 0.774 bits per heavy atom. The fourth-order valence-electron chi connectivity index (χ4n) is 4.82. The van der Waals surface area contributed by atoms with Gasteiger partial charge in [-0.1, -0.05) is 104 Å². The lowest BCUT2D eigenvalue weighted by molar-refractivity contribution is -0.164. The predicted molar refractivity (Wildman–Crippen MR) is 128 cm³/mol. The van der Waals surface area contributed by atoms with Crippen LogP contribution in [0.15, 0.2) is 0 Å². The van der Waals surface area contributed by atoms with Crippen molar-refractivity contribution in [2.75, 3.05) is 0 Å². The summed E-state index contributed by atoms with van der Waals surface area (Å²) in [5.74, 6) is -1.27. The summed E-state index contributed by atoms with van der Waals surface area (Å²) in [5.41, 5.74) is 0. The van der Waals surface area contributed by atoms with Crippen molar-refractivity contribution in [2.24, 2.45) is 17.8 Å². The Kier molecular flexibility index (Phi) is 15.8. The van der Waals surface area contributed by atoms with E-state index in [1.165, 1.54) is 57.8 Å². The van der Waals surface area contributed by atoms with Gasteiger partial charge >= 0.3 is 11.9 Å². The van der Waals surface area contributed by atoms with Gasteiger partial charge in [0.05, 0.1) is 11.8 Å². The molecular weight excluding hydrogens is 388 g/mol. The van der Waals surface area contributed by atoms with Crippen molar-refractivity contribution in [3.8, 4) is 0 Å². The van der Waals surface area contributed by atoms with Crippen LogP contribution in [0.4, 0.5) is 0 Å². The molecule has 1 aliphatic rings. The largest absolute Gasteiger partial charge is 0.481 e. The highest BCUT2D eigenvalue weighted by molar-refractivity contribution is 5.81. The van der Waals surface area contributed by atoms with Crippen LogP contribution >= 0.6 is 0 Å². The maximum absolute atomic E-state index is 12.7. The highest BCUT2D eigenvalue weighted by Gasteiger charge is 2.37. The maximum Gasteiger partial charge on any atom is 0.310 e. The second kappa shape index (κ2) is 17.5. The average molecular weight is 439 g/mol. The summed E-state index contributed by atoms with van der Waals surface area (Å²) in [6.07, 6.45) is 20.1. The van der Waals surface area contributed by atoms with Gasteiger partial charge in [-0.2, -0.15) is 0 Å². The van der Waals surface area contributed by atoms with Gasteiger partial charge < -0.3 is 9.84 Å². The van der Waals surface area contributed by atoms with Gasteiger partial charge in [-0.3, -0.25) is 9.59 Å². The Morgan fingerprint density at radius 2 is 1.26 bits per heavy atom. The smallest absolute Gasteiger partial charge is 0.310 e. The third kappa shape index (κ3) is 13.2. The van der Waals surface area contributed by atoms with Crippen molar-refractivity contribution in [1.29, 1.82) is 0 Å². The highest BCUT2D eigenvalue weighted by atomic mass is 16.5. The van der Waals surface area contributed by atoms with Crippen LogP contribution in [0.2, 0.25) is 0 Å². The number of carboxylic acid groups (broad SMARTS) is 1. The first-order chi connectivity index (χ1) is 15.0. The molecule has 0 aromatic carbocycles. The number of carbonyl (C=O) groups excluding carboxylic acids is 1. The molecule has 1 fully saturated rings. The van der Waals surface area contributed by atoms with Crippen molar-refractivity contribution in [3.05, 3.63) is 0 Å². The molecule has 0 heterocycles. The Balaban J connectivity index is 2.22. The Hall–Kier alpha value is -1.06. The van der Waals surface area contributed by atoms with E-state index in [2.05, 4.69) is 20.8 Å². The molecule has 1 aliphatic carbocycles. The first-order valence-electron chi connectivity index (χ1n) is 13.4. The molecule has 4 heteroatoms. The van der Waals surface area contributed by atoms with E-state index in [9.17, 15) is 14.7 Å². The fraction of sp³-hybridized carbons (Fsp3) is 0.926. The van der Waals surface area contributed by atoms with Gasteiger partial charge in [-0.05, 0) is 38.0 Å². The van der Waals surface area contributed by atoms with Crippen LogP contribution in [0.1, 0.15) is 136 Å².